The van der Waals surface area contributed by atoms with E-state index in [2.05, 4.69) is 37.3 Å². The number of benzene rings is 4. The summed E-state index contributed by atoms with van der Waals surface area (Å²) in [4.78, 5) is 15.2. The van der Waals surface area contributed by atoms with Crippen LogP contribution in [-0.2, 0) is 6.54 Å². The van der Waals surface area contributed by atoms with Crippen molar-refractivity contribution in [2.45, 2.75) is 57.7 Å². The lowest BCUT2D eigenvalue weighted by molar-refractivity contribution is -0.0150. The number of nitrogens with zero attached hydrogens (tertiary/aromatic N) is 1. The Kier molecular flexibility index (Phi) is 7.57. The fraction of sp³-hybridized carbons (Fsp3) is 0.303. The third kappa shape index (κ3) is 5.86. The van der Waals surface area contributed by atoms with Crippen molar-refractivity contribution in [1.29, 1.82) is 0 Å². The molecule has 0 spiro atoms. The molecule has 1 amide bonds. The Bertz CT molecular complexity index is 1360. The van der Waals surface area contributed by atoms with Gasteiger partial charge in [-0.1, -0.05) is 92.9 Å². The van der Waals surface area contributed by atoms with E-state index in [9.17, 15) is 9.90 Å². The number of amides is 1. The Balaban J connectivity index is 1.33. The summed E-state index contributed by atoms with van der Waals surface area (Å²) in [5, 5.41) is 13.4. The van der Waals surface area contributed by atoms with Crippen LogP contribution >= 0.6 is 0 Å². The first kappa shape index (κ1) is 25.0. The van der Waals surface area contributed by atoms with E-state index >= 15 is 0 Å². The highest BCUT2D eigenvalue weighted by Crippen LogP contribution is 2.41. The van der Waals surface area contributed by atoms with E-state index in [-0.39, 0.29) is 5.91 Å². The van der Waals surface area contributed by atoms with Crippen LogP contribution in [-0.4, -0.2) is 28.2 Å². The molecule has 0 aromatic heterocycles. The largest absolute Gasteiger partial charge is 0.493 e. The van der Waals surface area contributed by atoms with Crippen LogP contribution in [0, 0.1) is 0 Å². The minimum Gasteiger partial charge on any atom is -0.493 e. The van der Waals surface area contributed by atoms with Gasteiger partial charge in [-0.25, -0.2) is 0 Å². The normalized spacial score (nSPS) is 13.9. The molecule has 4 aromatic carbocycles. The standard InChI is InChI=1S/C33H35NO3/c1-2-3-4-9-22-37-31-13-8-7-12-30(31)24-34(33(36)20-21-33)32(35)27-17-14-26(15-18-27)29-19-16-25-10-5-6-11-28(25)23-29/h5-8,10-19,23,36H,2-4,9,20-22,24H2,1H3. The summed E-state index contributed by atoms with van der Waals surface area (Å²) in [5.41, 5.74) is 2.56. The summed E-state index contributed by atoms with van der Waals surface area (Å²) in [6, 6.07) is 30.2. The molecule has 0 radical (unpaired) electrons. The number of ether oxygens (including phenoxy) is 1. The molecule has 1 saturated carbocycles. The Labute approximate surface area is 219 Å². The molecule has 4 aromatic rings. The third-order valence-corrected chi connectivity index (χ3v) is 7.22. The van der Waals surface area contributed by atoms with Gasteiger partial charge in [0.1, 0.15) is 11.5 Å². The van der Waals surface area contributed by atoms with Crippen molar-refractivity contribution >= 4 is 16.7 Å². The summed E-state index contributed by atoms with van der Waals surface area (Å²) >= 11 is 0. The minimum absolute atomic E-state index is 0.164. The van der Waals surface area contributed by atoms with Gasteiger partial charge in [-0.05, 0) is 65.4 Å². The van der Waals surface area contributed by atoms with Crippen molar-refractivity contribution in [3.05, 3.63) is 102 Å². The Morgan fingerprint density at radius 1 is 0.838 bits per heavy atom. The van der Waals surface area contributed by atoms with Crippen molar-refractivity contribution in [3.63, 3.8) is 0 Å². The van der Waals surface area contributed by atoms with E-state index in [0.717, 1.165) is 35.3 Å². The SMILES string of the molecule is CCCCCCOc1ccccc1CN(C(=O)c1ccc(-c2ccc3ccccc3c2)cc1)C1(O)CC1. The highest BCUT2D eigenvalue weighted by atomic mass is 16.5. The van der Waals surface area contributed by atoms with Gasteiger partial charge in [0.25, 0.3) is 5.91 Å². The maximum absolute atomic E-state index is 13.6. The van der Waals surface area contributed by atoms with E-state index in [1.165, 1.54) is 23.6 Å². The van der Waals surface area contributed by atoms with Crippen LogP contribution in [0.25, 0.3) is 21.9 Å². The fourth-order valence-corrected chi connectivity index (χ4v) is 4.78. The zero-order valence-corrected chi connectivity index (χ0v) is 21.5. The van der Waals surface area contributed by atoms with Gasteiger partial charge in [0.05, 0.1) is 13.2 Å². The highest BCUT2D eigenvalue weighted by Gasteiger charge is 2.49. The summed E-state index contributed by atoms with van der Waals surface area (Å²) in [6.45, 7) is 3.17. The molecule has 4 nitrogen and oxygen atoms in total. The second-order valence-electron chi connectivity index (χ2n) is 10.0. The van der Waals surface area contributed by atoms with Gasteiger partial charge in [0.2, 0.25) is 0 Å². The molecule has 0 heterocycles. The number of carbonyl (C=O) groups excluding carboxylic acids is 1. The zero-order valence-electron chi connectivity index (χ0n) is 21.5. The average molecular weight is 494 g/mol. The van der Waals surface area contributed by atoms with E-state index in [0.29, 0.717) is 31.6 Å². The van der Waals surface area contributed by atoms with Crippen molar-refractivity contribution < 1.29 is 14.6 Å². The lowest BCUT2D eigenvalue weighted by Crippen LogP contribution is -2.41. The molecule has 1 aliphatic carbocycles. The van der Waals surface area contributed by atoms with Gasteiger partial charge >= 0.3 is 0 Å². The zero-order chi connectivity index (χ0) is 25.7. The predicted molar refractivity (Wildman–Crippen MR) is 150 cm³/mol. The molecule has 5 rings (SSSR count). The third-order valence-electron chi connectivity index (χ3n) is 7.22. The second kappa shape index (κ2) is 11.2. The van der Waals surface area contributed by atoms with Crippen molar-refractivity contribution in [3.8, 4) is 16.9 Å². The number of fused-ring (bicyclic) bond motifs is 1. The van der Waals surface area contributed by atoms with Crippen LogP contribution in [0.1, 0.15) is 61.4 Å². The molecular weight excluding hydrogens is 458 g/mol. The van der Waals surface area contributed by atoms with Crippen LogP contribution in [0.4, 0.5) is 0 Å². The van der Waals surface area contributed by atoms with E-state index < -0.39 is 5.72 Å². The molecule has 190 valence electrons. The molecule has 1 N–H and O–H groups in total. The molecule has 1 aliphatic rings. The van der Waals surface area contributed by atoms with Crippen molar-refractivity contribution in [2.24, 2.45) is 0 Å². The molecule has 0 atom stereocenters. The fourth-order valence-electron chi connectivity index (χ4n) is 4.78. The first-order chi connectivity index (χ1) is 18.1. The number of rotatable bonds is 11. The minimum atomic E-state index is -1.09. The van der Waals surface area contributed by atoms with E-state index in [4.69, 9.17) is 4.74 Å². The topological polar surface area (TPSA) is 49.8 Å². The monoisotopic (exact) mass is 493 g/mol. The van der Waals surface area contributed by atoms with Crippen LogP contribution < -0.4 is 4.74 Å². The average Bonchev–Trinajstić information content (AvgIpc) is 3.69. The molecule has 0 aliphatic heterocycles. The van der Waals surface area contributed by atoms with Crippen LogP contribution in [0.3, 0.4) is 0 Å². The number of para-hydroxylation sites is 1. The number of hydrogen-bond donors (Lipinski definition) is 1. The molecule has 0 unspecified atom stereocenters. The predicted octanol–water partition coefficient (Wildman–Crippen LogP) is 7.59. The Morgan fingerprint density at radius 3 is 2.30 bits per heavy atom. The van der Waals surface area contributed by atoms with Gasteiger partial charge in [-0.2, -0.15) is 0 Å². The second-order valence-corrected chi connectivity index (χ2v) is 10.0. The Hall–Kier alpha value is -3.63. The van der Waals surface area contributed by atoms with Gasteiger partial charge < -0.3 is 14.7 Å². The highest BCUT2D eigenvalue weighted by molar-refractivity contribution is 5.95. The summed E-state index contributed by atoms with van der Waals surface area (Å²) in [7, 11) is 0. The molecule has 37 heavy (non-hydrogen) atoms. The summed E-state index contributed by atoms with van der Waals surface area (Å²) in [6.07, 6.45) is 5.74. The van der Waals surface area contributed by atoms with Crippen molar-refractivity contribution in [1.82, 2.24) is 4.90 Å². The number of unbranched alkanes of at least 4 members (excludes halogenated alkanes) is 3. The molecule has 1 fully saturated rings. The first-order valence-electron chi connectivity index (χ1n) is 13.4. The van der Waals surface area contributed by atoms with Gasteiger partial charge in [0.15, 0.2) is 0 Å². The van der Waals surface area contributed by atoms with E-state index in [1.54, 1.807) is 4.90 Å². The smallest absolute Gasteiger partial charge is 0.256 e. The quantitative estimate of drug-likeness (QED) is 0.173. The van der Waals surface area contributed by atoms with Gasteiger partial charge in [-0.3, -0.25) is 4.79 Å². The Morgan fingerprint density at radius 2 is 1.54 bits per heavy atom. The number of aliphatic hydroxyl groups is 1. The molecule has 0 saturated heterocycles. The maximum atomic E-state index is 13.6. The lowest BCUT2D eigenvalue weighted by Gasteiger charge is -2.29. The first-order valence-corrected chi connectivity index (χ1v) is 13.4. The summed E-state index contributed by atoms with van der Waals surface area (Å²) < 4.78 is 6.08. The molecule has 4 heteroatoms. The number of hydrogen-bond acceptors (Lipinski definition) is 3. The summed E-state index contributed by atoms with van der Waals surface area (Å²) in [5.74, 6) is 0.621. The number of carbonyl (C=O) groups is 1. The molecule has 0 bridgehead atoms. The van der Waals surface area contributed by atoms with Crippen molar-refractivity contribution in [2.75, 3.05) is 6.61 Å². The molecular formula is C33H35NO3. The van der Waals surface area contributed by atoms with E-state index in [1.807, 2.05) is 60.7 Å². The lowest BCUT2D eigenvalue weighted by atomic mass is 10.00. The van der Waals surface area contributed by atoms with Gasteiger partial charge in [0, 0.05) is 11.1 Å². The van der Waals surface area contributed by atoms with Crippen LogP contribution in [0.5, 0.6) is 5.75 Å². The van der Waals surface area contributed by atoms with Crippen LogP contribution in [0.15, 0.2) is 91.0 Å². The maximum Gasteiger partial charge on any atom is 0.256 e. The van der Waals surface area contributed by atoms with Crippen LogP contribution in [0.2, 0.25) is 0 Å². The van der Waals surface area contributed by atoms with Gasteiger partial charge in [-0.15, -0.1) is 0 Å².